The number of nitrogens with zero attached hydrogens (tertiary/aromatic N) is 4. The lowest BCUT2D eigenvalue weighted by molar-refractivity contribution is 0.754. The van der Waals surface area contributed by atoms with Crippen LogP contribution in [0.5, 0.6) is 0 Å². The minimum atomic E-state index is 0.420. The second-order valence-corrected chi connectivity index (χ2v) is 6.89. The van der Waals surface area contributed by atoms with E-state index in [-0.39, 0.29) is 0 Å². The van der Waals surface area contributed by atoms with Crippen molar-refractivity contribution in [3.05, 3.63) is 65.9 Å². The van der Waals surface area contributed by atoms with Crippen LogP contribution >= 0.6 is 0 Å². The van der Waals surface area contributed by atoms with E-state index < -0.39 is 0 Å². The molecule has 2 heterocycles. The summed E-state index contributed by atoms with van der Waals surface area (Å²) in [6, 6.07) is 16.8. The molecule has 0 bridgehead atoms. The Morgan fingerprint density at radius 3 is 2.73 bits per heavy atom. The van der Waals surface area contributed by atoms with Crippen LogP contribution in [-0.4, -0.2) is 21.7 Å². The van der Waals surface area contributed by atoms with Crippen molar-refractivity contribution in [2.75, 3.05) is 16.8 Å². The first kappa shape index (κ1) is 16.5. The van der Waals surface area contributed by atoms with E-state index in [1.807, 2.05) is 6.07 Å². The Morgan fingerprint density at radius 1 is 1.04 bits per heavy atom. The largest absolute Gasteiger partial charge is 0.325 e. The van der Waals surface area contributed by atoms with Crippen LogP contribution in [0, 0.1) is 0 Å². The zero-order chi connectivity index (χ0) is 17.9. The number of anilines is 4. The average molecular weight is 345 g/mol. The van der Waals surface area contributed by atoms with Crippen molar-refractivity contribution in [1.82, 2.24) is 15.2 Å². The van der Waals surface area contributed by atoms with E-state index in [2.05, 4.69) is 76.7 Å². The SMILES string of the molecule is CC(C)c1ccccc1Nc1nncc(N2CCCc3ccccc32)n1. The summed E-state index contributed by atoms with van der Waals surface area (Å²) in [4.78, 5) is 6.96. The first-order valence-corrected chi connectivity index (χ1v) is 9.13. The van der Waals surface area contributed by atoms with Crippen molar-refractivity contribution in [3.8, 4) is 0 Å². The fraction of sp³-hybridized carbons (Fsp3) is 0.286. The predicted octanol–water partition coefficient (Wildman–Crippen LogP) is 4.82. The summed E-state index contributed by atoms with van der Waals surface area (Å²) < 4.78 is 0. The summed E-state index contributed by atoms with van der Waals surface area (Å²) in [5.74, 6) is 1.78. The average Bonchev–Trinajstić information content (AvgIpc) is 2.68. The predicted molar refractivity (Wildman–Crippen MR) is 105 cm³/mol. The molecule has 4 rings (SSSR count). The molecule has 0 unspecified atom stereocenters. The molecule has 132 valence electrons. The molecular formula is C21H23N5. The molecule has 1 N–H and O–H groups in total. The maximum Gasteiger partial charge on any atom is 0.249 e. The number of fused-ring (bicyclic) bond motifs is 1. The van der Waals surface area contributed by atoms with Gasteiger partial charge in [0, 0.05) is 17.9 Å². The molecule has 0 atom stereocenters. The number of aromatic nitrogens is 3. The molecule has 5 nitrogen and oxygen atoms in total. The molecular weight excluding hydrogens is 322 g/mol. The highest BCUT2D eigenvalue weighted by Crippen LogP contribution is 2.32. The fourth-order valence-corrected chi connectivity index (χ4v) is 3.48. The molecule has 0 fully saturated rings. The molecule has 3 aromatic rings. The fourth-order valence-electron chi connectivity index (χ4n) is 3.48. The monoisotopic (exact) mass is 345 g/mol. The van der Waals surface area contributed by atoms with Crippen LogP contribution < -0.4 is 10.2 Å². The zero-order valence-corrected chi connectivity index (χ0v) is 15.2. The van der Waals surface area contributed by atoms with E-state index in [4.69, 9.17) is 4.98 Å². The number of hydrogen-bond acceptors (Lipinski definition) is 5. The second kappa shape index (κ2) is 7.12. The summed E-state index contributed by atoms with van der Waals surface area (Å²) in [6.45, 7) is 5.30. The van der Waals surface area contributed by atoms with Gasteiger partial charge >= 0.3 is 0 Å². The highest BCUT2D eigenvalue weighted by Gasteiger charge is 2.19. The van der Waals surface area contributed by atoms with E-state index in [9.17, 15) is 0 Å². The quantitative estimate of drug-likeness (QED) is 0.734. The highest BCUT2D eigenvalue weighted by molar-refractivity contribution is 5.66. The lowest BCUT2D eigenvalue weighted by Crippen LogP contribution is -2.25. The van der Waals surface area contributed by atoms with Crippen LogP contribution in [0.4, 0.5) is 23.1 Å². The van der Waals surface area contributed by atoms with Gasteiger partial charge in [-0.1, -0.05) is 50.2 Å². The summed E-state index contributed by atoms with van der Waals surface area (Å²) in [6.07, 6.45) is 3.96. The van der Waals surface area contributed by atoms with Gasteiger partial charge in [0.15, 0.2) is 5.82 Å². The Kier molecular flexibility index (Phi) is 4.52. The number of benzene rings is 2. The molecule has 0 spiro atoms. The van der Waals surface area contributed by atoms with Gasteiger partial charge < -0.3 is 10.2 Å². The van der Waals surface area contributed by atoms with Crippen LogP contribution in [0.25, 0.3) is 0 Å². The Hall–Kier alpha value is -2.95. The van der Waals surface area contributed by atoms with E-state index in [0.717, 1.165) is 30.9 Å². The topological polar surface area (TPSA) is 53.9 Å². The van der Waals surface area contributed by atoms with Gasteiger partial charge in [-0.3, -0.25) is 0 Å². The van der Waals surface area contributed by atoms with Crippen LogP contribution in [0.3, 0.4) is 0 Å². The first-order valence-electron chi connectivity index (χ1n) is 9.13. The van der Waals surface area contributed by atoms with Crippen LogP contribution in [0.2, 0.25) is 0 Å². The molecule has 0 amide bonds. The number of rotatable bonds is 4. The molecule has 0 aliphatic carbocycles. The lowest BCUT2D eigenvalue weighted by Gasteiger charge is -2.30. The summed E-state index contributed by atoms with van der Waals surface area (Å²) >= 11 is 0. The van der Waals surface area contributed by atoms with Gasteiger partial charge in [-0.25, -0.2) is 0 Å². The maximum absolute atomic E-state index is 4.73. The van der Waals surface area contributed by atoms with Gasteiger partial charge in [-0.2, -0.15) is 10.1 Å². The van der Waals surface area contributed by atoms with E-state index in [0.29, 0.717) is 11.9 Å². The molecule has 2 aromatic carbocycles. The molecule has 1 aromatic heterocycles. The van der Waals surface area contributed by atoms with E-state index in [1.54, 1.807) is 6.20 Å². The molecule has 1 aliphatic heterocycles. The van der Waals surface area contributed by atoms with Crippen molar-refractivity contribution in [1.29, 1.82) is 0 Å². The lowest BCUT2D eigenvalue weighted by atomic mass is 10.0. The van der Waals surface area contributed by atoms with Crippen molar-refractivity contribution in [3.63, 3.8) is 0 Å². The van der Waals surface area contributed by atoms with Gasteiger partial charge in [0.2, 0.25) is 5.95 Å². The molecule has 0 saturated carbocycles. The Balaban J connectivity index is 1.65. The minimum Gasteiger partial charge on any atom is -0.325 e. The Bertz CT molecular complexity index is 906. The third-order valence-corrected chi connectivity index (χ3v) is 4.76. The molecule has 26 heavy (non-hydrogen) atoms. The summed E-state index contributed by atoms with van der Waals surface area (Å²) in [5, 5.41) is 11.7. The number of hydrogen-bond donors (Lipinski definition) is 1. The van der Waals surface area contributed by atoms with Crippen molar-refractivity contribution in [2.24, 2.45) is 0 Å². The van der Waals surface area contributed by atoms with Crippen LogP contribution in [0.1, 0.15) is 37.3 Å². The Labute approximate surface area is 154 Å². The molecule has 5 heteroatoms. The van der Waals surface area contributed by atoms with Crippen LogP contribution in [0.15, 0.2) is 54.7 Å². The van der Waals surface area contributed by atoms with Gasteiger partial charge in [-0.15, -0.1) is 5.10 Å². The third kappa shape index (κ3) is 3.25. The normalized spacial score (nSPS) is 13.6. The van der Waals surface area contributed by atoms with Crippen molar-refractivity contribution < 1.29 is 0 Å². The zero-order valence-electron chi connectivity index (χ0n) is 15.2. The maximum atomic E-state index is 4.73. The first-order chi connectivity index (χ1) is 12.7. The third-order valence-electron chi connectivity index (χ3n) is 4.76. The minimum absolute atomic E-state index is 0.420. The second-order valence-electron chi connectivity index (χ2n) is 6.89. The molecule has 0 saturated heterocycles. The highest BCUT2D eigenvalue weighted by atomic mass is 15.3. The van der Waals surface area contributed by atoms with Gasteiger partial charge in [-0.05, 0) is 42.0 Å². The Morgan fingerprint density at radius 2 is 1.85 bits per heavy atom. The van der Waals surface area contributed by atoms with Crippen molar-refractivity contribution >= 4 is 23.1 Å². The van der Waals surface area contributed by atoms with Gasteiger partial charge in [0.25, 0.3) is 0 Å². The van der Waals surface area contributed by atoms with E-state index >= 15 is 0 Å². The van der Waals surface area contributed by atoms with Crippen LogP contribution in [-0.2, 0) is 6.42 Å². The smallest absolute Gasteiger partial charge is 0.249 e. The number of nitrogens with one attached hydrogen (secondary N) is 1. The van der Waals surface area contributed by atoms with Gasteiger partial charge in [0.05, 0.1) is 6.20 Å². The number of para-hydroxylation sites is 2. The van der Waals surface area contributed by atoms with Crippen molar-refractivity contribution in [2.45, 2.75) is 32.6 Å². The number of aryl methyl sites for hydroxylation is 1. The molecule has 0 radical (unpaired) electrons. The summed E-state index contributed by atoms with van der Waals surface area (Å²) in [7, 11) is 0. The summed E-state index contributed by atoms with van der Waals surface area (Å²) in [5.41, 5.74) is 4.84. The van der Waals surface area contributed by atoms with E-state index in [1.165, 1.54) is 16.8 Å². The van der Waals surface area contributed by atoms with Gasteiger partial charge in [0.1, 0.15) is 0 Å². The standard InChI is InChI=1S/C21H23N5/c1-15(2)17-10-4-5-11-18(17)23-21-24-20(14-22-25-21)26-13-7-9-16-8-3-6-12-19(16)26/h3-6,8,10-12,14-15H,7,9,13H2,1-2H3,(H,23,24,25). The molecule has 1 aliphatic rings.